The molecule has 0 saturated heterocycles. The highest BCUT2D eigenvalue weighted by Crippen LogP contribution is 2.38. The summed E-state index contributed by atoms with van der Waals surface area (Å²) in [6.45, 7) is 0.375. The normalized spacial score (nSPS) is 15.0. The molecular formula is C24H23FN2O5. The number of carboxylic acid groups (broad SMARTS) is 2. The van der Waals surface area contributed by atoms with Gasteiger partial charge in [-0.2, -0.15) is 0 Å². The van der Waals surface area contributed by atoms with E-state index in [9.17, 15) is 19.1 Å². The van der Waals surface area contributed by atoms with E-state index in [1.165, 1.54) is 6.07 Å². The van der Waals surface area contributed by atoms with Gasteiger partial charge >= 0.3 is 11.9 Å². The fourth-order valence-electron chi connectivity index (χ4n) is 3.59. The van der Waals surface area contributed by atoms with Crippen LogP contribution in [-0.2, 0) is 22.6 Å². The SMILES string of the molecule is O=C(O)/C=C\C(=O)O.OC1CCCc2nc3ccccc3c(NCc3ccccc3F)c21. The summed E-state index contributed by atoms with van der Waals surface area (Å²) in [5.74, 6) is -2.74. The molecule has 2 aromatic carbocycles. The highest BCUT2D eigenvalue weighted by molar-refractivity contribution is 5.93. The van der Waals surface area contributed by atoms with Gasteiger partial charge in [-0.05, 0) is 31.4 Å². The number of hydrogen-bond donors (Lipinski definition) is 4. The first kappa shape index (κ1) is 22.9. The Hall–Kier alpha value is -3.78. The van der Waals surface area contributed by atoms with Gasteiger partial charge in [0, 0.05) is 40.9 Å². The topological polar surface area (TPSA) is 120 Å². The number of nitrogens with zero attached hydrogens (tertiary/aromatic N) is 1. The number of aliphatic hydroxyl groups excluding tert-OH is 1. The first-order chi connectivity index (χ1) is 15.4. The Morgan fingerprint density at radius 3 is 2.41 bits per heavy atom. The molecule has 166 valence electrons. The number of anilines is 1. The Kier molecular flexibility index (Phi) is 7.51. The third-order valence-electron chi connectivity index (χ3n) is 5.02. The fourth-order valence-corrected chi connectivity index (χ4v) is 3.59. The van der Waals surface area contributed by atoms with Gasteiger partial charge in [0.15, 0.2) is 0 Å². The average Bonchev–Trinajstić information content (AvgIpc) is 2.77. The van der Waals surface area contributed by atoms with Gasteiger partial charge in [0.25, 0.3) is 0 Å². The Morgan fingerprint density at radius 2 is 1.72 bits per heavy atom. The highest BCUT2D eigenvalue weighted by atomic mass is 19.1. The van der Waals surface area contributed by atoms with Gasteiger partial charge in [-0.25, -0.2) is 14.0 Å². The summed E-state index contributed by atoms with van der Waals surface area (Å²) in [5, 5.41) is 30.5. The van der Waals surface area contributed by atoms with Gasteiger partial charge in [0.2, 0.25) is 0 Å². The van der Waals surface area contributed by atoms with E-state index in [2.05, 4.69) is 5.32 Å². The first-order valence-corrected chi connectivity index (χ1v) is 10.1. The number of aliphatic carboxylic acids is 2. The molecule has 4 N–H and O–H groups in total. The molecule has 3 aromatic rings. The second kappa shape index (κ2) is 10.5. The number of carbonyl (C=O) groups is 2. The third kappa shape index (κ3) is 5.67. The van der Waals surface area contributed by atoms with Crippen molar-refractivity contribution < 1.29 is 29.3 Å². The zero-order valence-electron chi connectivity index (χ0n) is 17.2. The number of nitrogens with one attached hydrogen (secondary N) is 1. The number of aromatic nitrogens is 1. The lowest BCUT2D eigenvalue weighted by Crippen LogP contribution is -2.15. The summed E-state index contributed by atoms with van der Waals surface area (Å²) >= 11 is 0. The van der Waals surface area contributed by atoms with Crippen molar-refractivity contribution in [3.63, 3.8) is 0 Å². The molecule has 7 nitrogen and oxygen atoms in total. The molecule has 1 heterocycles. The van der Waals surface area contributed by atoms with E-state index in [0.29, 0.717) is 24.3 Å². The molecule has 0 amide bonds. The molecule has 0 spiro atoms. The molecule has 1 aromatic heterocycles. The zero-order valence-corrected chi connectivity index (χ0v) is 17.2. The number of aliphatic hydroxyl groups is 1. The average molecular weight is 438 g/mol. The molecule has 0 fully saturated rings. The summed E-state index contributed by atoms with van der Waals surface area (Å²) < 4.78 is 13.9. The van der Waals surface area contributed by atoms with Crippen LogP contribution in [0.2, 0.25) is 0 Å². The summed E-state index contributed by atoms with van der Waals surface area (Å²) in [6, 6.07) is 14.6. The Balaban J connectivity index is 0.000000312. The first-order valence-electron chi connectivity index (χ1n) is 10.1. The van der Waals surface area contributed by atoms with Gasteiger partial charge in [-0.15, -0.1) is 0 Å². The number of carboxylic acids is 2. The Bertz CT molecular complexity index is 1150. The molecule has 4 rings (SSSR count). The summed E-state index contributed by atoms with van der Waals surface area (Å²) in [6.07, 6.45) is 3.14. The summed E-state index contributed by atoms with van der Waals surface area (Å²) in [7, 11) is 0. The zero-order chi connectivity index (χ0) is 23.1. The van der Waals surface area contributed by atoms with Crippen molar-refractivity contribution in [1.29, 1.82) is 0 Å². The number of para-hydroxylation sites is 1. The van der Waals surface area contributed by atoms with Crippen LogP contribution in [0.3, 0.4) is 0 Å². The molecule has 0 aliphatic heterocycles. The van der Waals surface area contributed by atoms with Crippen molar-refractivity contribution in [2.45, 2.75) is 31.9 Å². The van der Waals surface area contributed by atoms with Crippen LogP contribution in [0.4, 0.5) is 10.1 Å². The minimum Gasteiger partial charge on any atom is -0.478 e. The van der Waals surface area contributed by atoms with E-state index >= 15 is 0 Å². The number of fused-ring (bicyclic) bond motifs is 2. The minimum absolute atomic E-state index is 0.224. The smallest absolute Gasteiger partial charge is 0.328 e. The van der Waals surface area contributed by atoms with Crippen LogP contribution in [0.5, 0.6) is 0 Å². The maximum Gasteiger partial charge on any atom is 0.328 e. The molecular weight excluding hydrogens is 415 g/mol. The number of hydrogen-bond acceptors (Lipinski definition) is 5. The van der Waals surface area contributed by atoms with E-state index in [1.54, 1.807) is 12.1 Å². The van der Waals surface area contributed by atoms with E-state index in [0.717, 1.165) is 47.1 Å². The molecule has 1 atom stereocenters. The van der Waals surface area contributed by atoms with Crippen LogP contribution in [-0.4, -0.2) is 32.2 Å². The second-order valence-electron chi connectivity index (χ2n) is 7.23. The van der Waals surface area contributed by atoms with Crippen LogP contribution < -0.4 is 5.32 Å². The maximum absolute atomic E-state index is 13.9. The fraction of sp³-hybridized carbons (Fsp3) is 0.208. The van der Waals surface area contributed by atoms with Crippen LogP contribution in [0.25, 0.3) is 10.9 Å². The lowest BCUT2D eigenvalue weighted by atomic mass is 9.90. The van der Waals surface area contributed by atoms with E-state index < -0.39 is 18.0 Å². The van der Waals surface area contributed by atoms with Crippen molar-refractivity contribution in [1.82, 2.24) is 4.98 Å². The molecule has 0 saturated carbocycles. The Morgan fingerprint density at radius 1 is 1.06 bits per heavy atom. The Labute approximate surface area is 183 Å². The second-order valence-corrected chi connectivity index (χ2v) is 7.23. The number of benzene rings is 2. The quantitative estimate of drug-likeness (QED) is 0.443. The number of aryl methyl sites for hydroxylation is 1. The molecule has 8 heteroatoms. The molecule has 0 bridgehead atoms. The highest BCUT2D eigenvalue weighted by Gasteiger charge is 2.24. The van der Waals surface area contributed by atoms with Gasteiger partial charge in [0.05, 0.1) is 17.3 Å². The number of pyridine rings is 1. The predicted octanol–water partition coefficient (Wildman–Crippen LogP) is 4.07. The van der Waals surface area contributed by atoms with Crippen molar-refractivity contribution in [3.8, 4) is 0 Å². The minimum atomic E-state index is -1.26. The monoisotopic (exact) mass is 438 g/mol. The van der Waals surface area contributed by atoms with Crippen molar-refractivity contribution in [2.75, 3.05) is 5.32 Å². The molecule has 0 radical (unpaired) electrons. The molecule has 1 unspecified atom stereocenters. The van der Waals surface area contributed by atoms with E-state index in [4.69, 9.17) is 15.2 Å². The van der Waals surface area contributed by atoms with Gasteiger partial charge in [0.1, 0.15) is 5.82 Å². The lowest BCUT2D eigenvalue weighted by Gasteiger charge is -2.25. The third-order valence-corrected chi connectivity index (χ3v) is 5.02. The van der Waals surface area contributed by atoms with Gasteiger partial charge < -0.3 is 20.6 Å². The lowest BCUT2D eigenvalue weighted by molar-refractivity contribution is -0.134. The van der Waals surface area contributed by atoms with Gasteiger partial charge in [-0.1, -0.05) is 36.4 Å². The molecule has 32 heavy (non-hydrogen) atoms. The number of rotatable bonds is 5. The number of halogens is 1. The van der Waals surface area contributed by atoms with Crippen LogP contribution >= 0.6 is 0 Å². The van der Waals surface area contributed by atoms with Crippen LogP contribution in [0.1, 0.15) is 35.8 Å². The molecule has 1 aliphatic carbocycles. The van der Waals surface area contributed by atoms with E-state index in [1.807, 2.05) is 30.3 Å². The van der Waals surface area contributed by atoms with Crippen LogP contribution in [0.15, 0.2) is 60.7 Å². The maximum atomic E-state index is 13.9. The van der Waals surface area contributed by atoms with Crippen molar-refractivity contribution in [3.05, 3.63) is 83.3 Å². The standard InChI is InChI=1S/C20H19FN2O.C4H4O4/c21-15-8-3-1-6-13(15)12-22-20-14-7-2-4-9-16(14)23-17-10-5-11-18(24)19(17)20;5-3(6)1-2-4(7)8/h1-4,6-9,18,24H,5,10-12H2,(H,22,23);1-2H,(H,5,6)(H,7,8)/b;2-1-. The van der Waals surface area contributed by atoms with Crippen molar-refractivity contribution in [2.24, 2.45) is 0 Å². The molecule has 1 aliphatic rings. The predicted molar refractivity (Wildman–Crippen MR) is 118 cm³/mol. The summed E-state index contributed by atoms with van der Waals surface area (Å²) in [4.78, 5) is 23.8. The van der Waals surface area contributed by atoms with Crippen LogP contribution in [0, 0.1) is 5.82 Å². The largest absolute Gasteiger partial charge is 0.478 e. The van der Waals surface area contributed by atoms with E-state index in [-0.39, 0.29) is 5.82 Å². The van der Waals surface area contributed by atoms with Gasteiger partial charge in [-0.3, -0.25) is 4.98 Å². The van der Waals surface area contributed by atoms with Crippen molar-refractivity contribution >= 4 is 28.5 Å². The summed E-state index contributed by atoms with van der Waals surface area (Å²) in [5.41, 5.74) is 4.21.